The average Bonchev–Trinajstić information content (AvgIpc) is 3.38. The molecular formula is C42H44F3N2+. The van der Waals surface area contributed by atoms with E-state index in [4.69, 9.17) is 0 Å². The summed E-state index contributed by atoms with van der Waals surface area (Å²) in [6.07, 6.45) is 3.67. The van der Waals surface area contributed by atoms with Crippen LogP contribution in [0.3, 0.4) is 0 Å². The fourth-order valence-electron chi connectivity index (χ4n) is 7.41. The van der Waals surface area contributed by atoms with Gasteiger partial charge in [0.1, 0.15) is 6.54 Å². The van der Waals surface area contributed by atoms with Crippen molar-refractivity contribution in [3.63, 3.8) is 0 Å². The zero-order valence-electron chi connectivity index (χ0n) is 28.2. The molecule has 2 aliphatic heterocycles. The number of allylic oxidation sites excluding steroid dienone is 4. The number of benzene rings is 4. The van der Waals surface area contributed by atoms with Crippen LogP contribution in [0.25, 0.3) is 11.1 Å². The number of rotatable bonds is 8. The first-order valence-electron chi connectivity index (χ1n) is 16.5. The number of hydrogen-bond acceptors (Lipinski definition) is 1. The van der Waals surface area contributed by atoms with Crippen molar-refractivity contribution in [3.05, 3.63) is 143 Å². The summed E-state index contributed by atoms with van der Waals surface area (Å²) in [6, 6.07) is 31.5. The molecule has 0 aromatic heterocycles. The molecule has 2 nitrogen and oxygen atoms in total. The molecule has 0 amide bonds. The van der Waals surface area contributed by atoms with Crippen molar-refractivity contribution in [1.29, 1.82) is 0 Å². The molecule has 0 aliphatic carbocycles. The summed E-state index contributed by atoms with van der Waals surface area (Å²) in [7, 11) is 1.96. The number of hydrogen-bond donors (Lipinski definition) is 0. The standard InChI is InChI=1S/C42H44F3N2/c1-29(2)24-25-47-37-22-20-32(31-16-11-8-12-17-31)26-34(37)40(3,4)38(47)18-13-19-39-41(5,28-30-14-9-7-10-15-30)35-27-33(42(43,44)45)21-23-36(35)46(39)6/h7-23,26-27,29H,24-25,28H2,1-6H3/q+1. The molecule has 2 aliphatic rings. The van der Waals surface area contributed by atoms with Gasteiger partial charge in [-0.25, -0.2) is 0 Å². The minimum absolute atomic E-state index is 0.244. The lowest BCUT2D eigenvalue weighted by atomic mass is 9.76. The minimum Gasteiger partial charge on any atom is -0.347 e. The highest BCUT2D eigenvalue weighted by Gasteiger charge is 2.46. The molecule has 0 bridgehead atoms. The third kappa shape index (κ3) is 6.08. The summed E-state index contributed by atoms with van der Waals surface area (Å²) in [5.74, 6) is 0.559. The molecule has 0 N–H and O–H groups in total. The van der Waals surface area contributed by atoms with Gasteiger partial charge in [0.25, 0.3) is 0 Å². The minimum atomic E-state index is -4.41. The Labute approximate surface area is 277 Å². The molecule has 0 saturated carbocycles. The van der Waals surface area contributed by atoms with Gasteiger partial charge in [-0.15, -0.1) is 0 Å². The van der Waals surface area contributed by atoms with Gasteiger partial charge in [0.2, 0.25) is 5.69 Å². The van der Waals surface area contributed by atoms with Gasteiger partial charge in [-0.05, 0) is 91.8 Å². The summed E-state index contributed by atoms with van der Waals surface area (Å²) in [5, 5.41) is 0. The van der Waals surface area contributed by atoms with Crippen LogP contribution >= 0.6 is 0 Å². The van der Waals surface area contributed by atoms with Crippen LogP contribution in [0.5, 0.6) is 0 Å². The monoisotopic (exact) mass is 633 g/mol. The molecular weight excluding hydrogens is 589 g/mol. The van der Waals surface area contributed by atoms with Crippen LogP contribution in [0, 0.1) is 5.92 Å². The van der Waals surface area contributed by atoms with Gasteiger partial charge in [-0.2, -0.15) is 17.7 Å². The van der Waals surface area contributed by atoms with Gasteiger partial charge < -0.3 is 4.90 Å². The summed E-state index contributed by atoms with van der Waals surface area (Å²) in [5.41, 5.74) is 8.21. The molecule has 0 saturated heterocycles. The second-order valence-electron chi connectivity index (χ2n) is 14.1. The third-order valence-electron chi connectivity index (χ3n) is 10.0. The summed E-state index contributed by atoms with van der Waals surface area (Å²) in [6.45, 7) is 12.1. The van der Waals surface area contributed by atoms with Crippen LogP contribution in [0.1, 0.15) is 63.3 Å². The maximum atomic E-state index is 13.9. The molecule has 4 aromatic carbocycles. The Kier molecular flexibility index (Phi) is 8.54. The first kappa shape index (κ1) is 32.6. The molecule has 0 spiro atoms. The van der Waals surface area contributed by atoms with E-state index in [9.17, 15) is 13.2 Å². The lowest BCUT2D eigenvalue weighted by molar-refractivity contribution is -0.439. The van der Waals surface area contributed by atoms with E-state index in [1.54, 1.807) is 6.07 Å². The highest BCUT2D eigenvalue weighted by Crippen LogP contribution is 2.51. The first-order chi connectivity index (χ1) is 22.3. The third-order valence-corrected chi connectivity index (χ3v) is 10.0. The van der Waals surface area contributed by atoms with Gasteiger partial charge in [-0.3, -0.25) is 0 Å². The number of fused-ring (bicyclic) bond motifs is 2. The SMILES string of the molecule is CC(C)CC[N+]1=C(/C=C/C=C2/N(C)c3ccc(C(F)(F)F)cc3C2(C)Cc2ccccc2)C(C)(C)c2cc(-c3ccccc3)ccc21. The molecule has 0 radical (unpaired) electrons. The van der Waals surface area contributed by atoms with E-state index in [1.165, 1.54) is 40.2 Å². The molecule has 1 atom stereocenters. The molecule has 4 aromatic rings. The van der Waals surface area contributed by atoms with E-state index < -0.39 is 17.2 Å². The van der Waals surface area contributed by atoms with Crippen LogP contribution < -0.4 is 4.90 Å². The zero-order chi connectivity index (χ0) is 33.6. The molecule has 5 heteroatoms. The van der Waals surface area contributed by atoms with Crippen LogP contribution in [0.4, 0.5) is 24.5 Å². The van der Waals surface area contributed by atoms with E-state index in [0.29, 0.717) is 17.9 Å². The number of nitrogens with zero attached hydrogens (tertiary/aromatic N) is 2. The highest BCUT2D eigenvalue weighted by atomic mass is 19.4. The van der Waals surface area contributed by atoms with Crippen molar-refractivity contribution in [2.45, 2.75) is 64.5 Å². The van der Waals surface area contributed by atoms with Crippen molar-refractivity contribution in [2.75, 3.05) is 18.5 Å². The topological polar surface area (TPSA) is 6.25 Å². The van der Waals surface area contributed by atoms with Crippen molar-refractivity contribution < 1.29 is 17.7 Å². The highest BCUT2D eigenvalue weighted by molar-refractivity contribution is 6.03. The van der Waals surface area contributed by atoms with Gasteiger partial charge in [-0.1, -0.05) is 80.6 Å². The Bertz CT molecular complexity index is 1860. The Morgan fingerprint density at radius 1 is 0.809 bits per heavy atom. The largest absolute Gasteiger partial charge is 0.416 e. The quantitative estimate of drug-likeness (QED) is 0.175. The number of alkyl halides is 3. The van der Waals surface area contributed by atoms with E-state index in [1.807, 2.05) is 31.3 Å². The van der Waals surface area contributed by atoms with Gasteiger partial charge in [0, 0.05) is 48.0 Å². The van der Waals surface area contributed by atoms with Gasteiger partial charge >= 0.3 is 6.18 Å². The number of halogens is 3. The van der Waals surface area contributed by atoms with Crippen molar-refractivity contribution in [1.82, 2.24) is 0 Å². The first-order valence-corrected chi connectivity index (χ1v) is 16.5. The van der Waals surface area contributed by atoms with Crippen LogP contribution in [-0.2, 0) is 23.4 Å². The Hall–Kier alpha value is -4.38. The predicted molar refractivity (Wildman–Crippen MR) is 189 cm³/mol. The lowest BCUT2D eigenvalue weighted by Crippen LogP contribution is -2.29. The van der Waals surface area contributed by atoms with E-state index in [-0.39, 0.29) is 5.41 Å². The molecule has 0 fully saturated rings. The average molecular weight is 634 g/mol. The Balaban J connectivity index is 1.43. The van der Waals surface area contributed by atoms with E-state index >= 15 is 0 Å². The van der Waals surface area contributed by atoms with Crippen LogP contribution in [-0.4, -0.2) is 23.9 Å². The normalized spacial score (nSPS) is 19.7. The smallest absolute Gasteiger partial charge is 0.347 e. The van der Waals surface area contributed by atoms with Gasteiger partial charge in [0.05, 0.1) is 11.0 Å². The second kappa shape index (κ2) is 12.3. The second-order valence-corrected chi connectivity index (χ2v) is 14.1. The maximum absolute atomic E-state index is 13.9. The molecule has 1 unspecified atom stereocenters. The van der Waals surface area contributed by atoms with Crippen molar-refractivity contribution in [2.24, 2.45) is 5.92 Å². The number of likely N-dealkylation sites (N-methyl/N-ethyl adjacent to an activating group) is 1. The van der Waals surface area contributed by atoms with E-state index in [2.05, 4.69) is 117 Å². The Morgan fingerprint density at radius 2 is 1.49 bits per heavy atom. The number of anilines is 1. The van der Waals surface area contributed by atoms with Gasteiger partial charge in [0.15, 0.2) is 5.71 Å². The molecule has 2 heterocycles. The summed E-state index contributed by atoms with van der Waals surface area (Å²) >= 11 is 0. The molecule has 242 valence electrons. The fraction of sp³-hybridized carbons (Fsp3) is 0.310. The van der Waals surface area contributed by atoms with Crippen LogP contribution in [0.2, 0.25) is 0 Å². The Morgan fingerprint density at radius 3 is 2.15 bits per heavy atom. The zero-order valence-corrected chi connectivity index (χ0v) is 28.2. The van der Waals surface area contributed by atoms with Crippen LogP contribution in [0.15, 0.2) is 121 Å². The maximum Gasteiger partial charge on any atom is 0.416 e. The summed E-state index contributed by atoms with van der Waals surface area (Å²) < 4.78 is 44.2. The van der Waals surface area contributed by atoms with Crippen molar-refractivity contribution >= 4 is 17.1 Å². The van der Waals surface area contributed by atoms with Crippen molar-refractivity contribution in [3.8, 4) is 11.1 Å². The predicted octanol–water partition coefficient (Wildman–Crippen LogP) is 10.9. The molecule has 47 heavy (non-hydrogen) atoms. The van der Waals surface area contributed by atoms with E-state index in [0.717, 1.165) is 29.9 Å². The lowest BCUT2D eigenvalue weighted by Gasteiger charge is -2.29. The fourth-order valence-corrected chi connectivity index (χ4v) is 7.41. The molecule has 6 rings (SSSR count). The summed E-state index contributed by atoms with van der Waals surface area (Å²) in [4.78, 5) is 2.06.